The summed E-state index contributed by atoms with van der Waals surface area (Å²) in [5, 5.41) is 18.6. The van der Waals surface area contributed by atoms with E-state index in [1.54, 1.807) is 6.07 Å². The van der Waals surface area contributed by atoms with E-state index in [1.807, 2.05) is 6.07 Å². The van der Waals surface area contributed by atoms with Crippen LogP contribution in [0.1, 0.15) is 16.7 Å². The van der Waals surface area contributed by atoms with E-state index in [2.05, 4.69) is 4.98 Å². The molecule has 0 aliphatic rings. The summed E-state index contributed by atoms with van der Waals surface area (Å²) in [6.45, 7) is -0.317. The Morgan fingerprint density at radius 3 is 2.18 bits per heavy atom. The minimum atomic E-state index is -0.715. The normalized spacial score (nSPS) is 10.1. The van der Waals surface area contributed by atoms with Gasteiger partial charge in [-0.2, -0.15) is 10.5 Å². The molecule has 0 aliphatic heterocycles. The lowest BCUT2D eigenvalue weighted by atomic mass is 9.96. The number of hydrogen-bond donors (Lipinski definition) is 2. The molecule has 0 amide bonds. The van der Waals surface area contributed by atoms with Crippen molar-refractivity contribution in [3.63, 3.8) is 0 Å². The Balaban J connectivity index is 1.93. The number of anilines is 1. The van der Waals surface area contributed by atoms with Crippen molar-refractivity contribution in [2.45, 2.75) is 6.61 Å². The van der Waals surface area contributed by atoms with Crippen LogP contribution in [0, 0.1) is 34.3 Å². The molecule has 8 heteroatoms. The van der Waals surface area contributed by atoms with Gasteiger partial charge in [0.2, 0.25) is 0 Å². The van der Waals surface area contributed by atoms with Crippen LogP contribution in [0.5, 0.6) is 5.75 Å². The van der Waals surface area contributed by atoms with Crippen molar-refractivity contribution in [1.82, 2.24) is 4.98 Å². The number of halogens is 2. The third-order valence-corrected chi connectivity index (χ3v) is 4.06. The molecule has 3 aromatic rings. The van der Waals surface area contributed by atoms with Crippen LogP contribution in [0.25, 0.3) is 11.1 Å². The van der Waals surface area contributed by atoms with E-state index < -0.39 is 17.2 Å². The van der Waals surface area contributed by atoms with Gasteiger partial charge in [0.15, 0.2) is 0 Å². The molecular formula is C20H12F2N4O2. The Hall–Kier alpha value is -4.17. The number of ether oxygens (including phenoxy) is 1. The van der Waals surface area contributed by atoms with Crippen molar-refractivity contribution in [1.29, 1.82) is 10.5 Å². The van der Waals surface area contributed by atoms with Crippen LogP contribution >= 0.6 is 0 Å². The number of nitrogens with two attached hydrogens (primary N) is 1. The van der Waals surface area contributed by atoms with Crippen LogP contribution in [-0.2, 0) is 6.61 Å². The number of rotatable bonds is 4. The Labute approximate surface area is 158 Å². The third kappa shape index (κ3) is 3.39. The lowest BCUT2D eigenvalue weighted by Crippen LogP contribution is -2.16. The number of nitriles is 2. The van der Waals surface area contributed by atoms with Crippen LogP contribution in [0.4, 0.5) is 14.6 Å². The molecule has 0 unspecified atom stereocenters. The van der Waals surface area contributed by atoms with Crippen LogP contribution < -0.4 is 16.0 Å². The standard InChI is InChI=1S/C20H12F2N4O2/c21-16-2-1-3-17(22)15(16)10-28-12-6-4-11(5-7-12)18-13(8-23)19(25)26-20(27)14(18)9-24/h1-7H,10H2,(H3,25,26,27). The Kier molecular flexibility index (Phi) is 5.05. The Morgan fingerprint density at radius 2 is 1.61 bits per heavy atom. The molecule has 0 spiro atoms. The van der Waals surface area contributed by atoms with Gasteiger partial charge in [-0.3, -0.25) is 4.79 Å². The van der Waals surface area contributed by atoms with Gasteiger partial charge < -0.3 is 15.5 Å². The SMILES string of the molecule is N#Cc1c(N)[nH]c(=O)c(C#N)c1-c1ccc(OCc2c(F)cccc2F)cc1. The molecule has 3 rings (SSSR count). The maximum atomic E-state index is 13.7. The van der Waals surface area contributed by atoms with Crippen molar-refractivity contribution < 1.29 is 13.5 Å². The minimum absolute atomic E-state index is 0.0294. The summed E-state index contributed by atoms with van der Waals surface area (Å²) in [5.41, 5.74) is 5.01. The fourth-order valence-corrected chi connectivity index (χ4v) is 2.68. The number of aromatic nitrogens is 1. The lowest BCUT2D eigenvalue weighted by Gasteiger charge is -2.11. The molecule has 0 saturated heterocycles. The second-order valence-electron chi connectivity index (χ2n) is 5.73. The second-order valence-corrected chi connectivity index (χ2v) is 5.73. The number of benzene rings is 2. The van der Waals surface area contributed by atoms with Crippen LogP contribution in [0.2, 0.25) is 0 Å². The van der Waals surface area contributed by atoms with Crippen molar-refractivity contribution in [3.05, 3.63) is 81.1 Å². The largest absolute Gasteiger partial charge is 0.489 e. The number of nitrogens with one attached hydrogen (secondary N) is 1. The first kappa shape index (κ1) is 18.6. The van der Waals surface area contributed by atoms with Crippen molar-refractivity contribution in [2.24, 2.45) is 0 Å². The molecular weight excluding hydrogens is 366 g/mol. The van der Waals surface area contributed by atoms with Gasteiger partial charge in [0, 0.05) is 5.56 Å². The zero-order valence-electron chi connectivity index (χ0n) is 14.3. The van der Waals surface area contributed by atoms with Crippen LogP contribution in [0.15, 0.2) is 47.3 Å². The summed E-state index contributed by atoms with van der Waals surface area (Å²) in [5.74, 6) is -1.26. The molecule has 0 atom stereocenters. The van der Waals surface area contributed by atoms with E-state index in [0.717, 1.165) is 12.1 Å². The van der Waals surface area contributed by atoms with Gasteiger partial charge >= 0.3 is 0 Å². The number of nitrogens with zero attached hydrogens (tertiary/aromatic N) is 2. The zero-order valence-corrected chi connectivity index (χ0v) is 14.3. The maximum absolute atomic E-state index is 13.7. The topological polar surface area (TPSA) is 116 Å². The van der Waals surface area contributed by atoms with Gasteiger partial charge in [0.1, 0.15) is 53.1 Å². The molecule has 0 aliphatic carbocycles. The predicted molar refractivity (Wildman–Crippen MR) is 97.0 cm³/mol. The number of aromatic amines is 1. The molecule has 0 fully saturated rings. The summed E-state index contributed by atoms with van der Waals surface area (Å²) in [4.78, 5) is 14.2. The summed E-state index contributed by atoms with van der Waals surface area (Å²) in [6, 6.07) is 13.2. The van der Waals surface area contributed by atoms with E-state index in [0.29, 0.717) is 11.3 Å². The minimum Gasteiger partial charge on any atom is -0.489 e. The maximum Gasteiger partial charge on any atom is 0.268 e. The number of H-pyrrole nitrogens is 1. The molecule has 138 valence electrons. The first-order chi connectivity index (χ1) is 13.5. The highest BCUT2D eigenvalue weighted by Gasteiger charge is 2.18. The molecule has 0 saturated carbocycles. The summed E-state index contributed by atoms with van der Waals surface area (Å²) >= 11 is 0. The highest BCUT2D eigenvalue weighted by molar-refractivity contribution is 5.80. The van der Waals surface area contributed by atoms with Gasteiger partial charge in [0.25, 0.3) is 5.56 Å². The number of hydrogen-bond acceptors (Lipinski definition) is 5. The average molecular weight is 378 g/mol. The molecule has 0 bridgehead atoms. The number of nitrogen functional groups attached to an aromatic ring is 1. The van der Waals surface area contributed by atoms with Crippen LogP contribution in [0.3, 0.4) is 0 Å². The van der Waals surface area contributed by atoms with Crippen molar-refractivity contribution >= 4 is 5.82 Å². The van der Waals surface area contributed by atoms with E-state index in [4.69, 9.17) is 10.5 Å². The summed E-state index contributed by atoms with van der Waals surface area (Å²) in [7, 11) is 0. The average Bonchev–Trinajstić information content (AvgIpc) is 2.67. The summed E-state index contributed by atoms with van der Waals surface area (Å²) < 4.78 is 32.7. The smallest absolute Gasteiger partial charge is 0.268 e. The van der Waals surface area contributed by atoms with E-state index in [1.165, 1.54) is 30.3 Å². The lowest BCUT2D eigenvalue weighted by molar-refractivity contribution is 0.292. The third-order valence-electron chi connectivity index (χ3n) is 4.06. The van der Waals surface area contributed by atoms with Gasteiger partial charge in [-0.05, 0) is 29.8 Å². The van der Waals surface area contributed by atoms with Crippen molar-refractivity contribution in [2.75, 3.05) is 5.73 Å². The molecule has 0 radical (unpaired) electrons. The van der Waals surface area contributed by atoms with Gasteiger partial charge in [-0.1, -0.05) is 18.2 Å². The fourth-order valence-electron chi connectivity index (χ4n) is 2.68. The number of pyridine rings is 1. The predicted octanol–water partition coefficient (Wildman–Crippen LogP) is 3.22. The molecule has 6 nitrogen and oxygen atoms in total. The molecule has 2 aromatic carbocycles. The van der Waals surface area contributed by atoms with Gasteiger partial charge in [0.05, 0.1) is 5.56 Å². The van der Waals surface area contributed by atoms with Gasteiger partial charge in [-0.25, -0.2) is 8.78 Å². The van der Waals surface area contributed by atoms with Crippen molar-refractivity contribution in [3.8, 4) is 29.0 Å². The van der Waals surface area contributed by atoms with E-state index in [-0.39, 0.29) is 34.7 Å². The summed E-state index contributed by atoms with van der Waals surface area (Å²) in [6.07, 6.45) is 0. The highest BCUT2D eigenvalue weighted by Crippen LogP contribution is 2.29. The molecule has 3 N–H and O–H groups in total. The van der Waals surface area contributed by atoms with Crippen LogP contribution in [-0.4, -0.2) is 4.98 Å². The fraction of sp³-hybridized carbons (Fsp3) is 0.0500. The zero-order chi connectivity index (χ0) is 20.3. The Morgan fingerprint density at radius 1 is 1.00 bits per heavy atom. The molecule has 1 heterocycles. The second kappa shape index (κ2) is 7.60. The quantitative estimate of drug-likeness (QED) is 0.723. The first-order valence-corrected chi connectivity index (χ1v) is 7.98. The first-order valence-electron chi connectivity index (χ1n) is 7.98. The van der Waals surface area contributed by atoms with Gasteiger partial charge in [-0.15, -0.1) is 0 Å². The monoisotopic (exact) mass is 378 g/mol. The highest BCUT2D eigenvalue weighted by atomic mass is 19.1. The Bertz CT molecular complexity index is 1170. The van der Waals surface area contributed by atoms with E-state index >= 15 is 0 Å². The molecule has 1 aromatic heterocycles. The molecule has 28 heavy (non-hydrogen) atoms. The van der Waals surface area contributed by atoms with E-state index in [9.17, 15) is 24.1 Å².